The first-order chi connectivity index (χ1) is 8.65. The van der Waals surface area contributed by atoms with Gasteiger partial charge in [-0.2, -0.15) is 5.10 Å². The third-order valence-electron chi connectivity index (χ3n) is 2.70. The Morgan fingerprint density at radius 1 is 1.56 bits per heavy atom. The van der Waals surface area contributed by atoms with Crippen LogP contribution in [0.2, 0.25) is 0 Å². The molecule has 0 unspecified atom stereocenters. The number of nitrogens with one attached hydrogen (secondary N) is 1. The molecule has 0 saturated carbocycles. The number of aldehydes is 1. The van der Waals surface area contributed by atoms with Crippen LogP contribution in [0.15, 0.2) is 24.4 Å². The predicted molar refractivity (Wildman–Crippen MR) is 70.2 cm³/mol. The summed E-state index contributed by atoms with van der Waals surface area (Å²) in [6.45, 7) is 2.59. The van der Waals surface area contributed by atoms with Gasteiger partial charge in [0.05, 0.1) is 11.2 Å². The van der Waals surface area contributed by atoms with E-state index in [2.05, 4.69) is 10.2 Å². The van der Waals surface area contributed by atoms with Crippen molar-refractivity contribution in [2.75, 3.05) is 6.54 Å². The second-order valence-corrected chi connectivity index (χ2v) is 3.90. The molecule has 1 aromatic heterocycles. The molecule has 0 bridgehead atoms. The summed E-state index contributed by atoms with van der Waals surface area (Å²) in [5.74, 6) is 5.66. The largest absolute Gasteiger partial charge is 0.397 e. The van der Waals surface area contributed by atoms with Crippen LogP contribution >= 0.6 is 0 Å². The van der Waals surface area contributed by atoms with E-state index in [1.807, 2.05) is 25.1 Å². The molecule has 18 heavy (non-hydrogen) atoms. The smallest absolute Gasteiger partial charge is 0.168 e. The van der Waals surface area contributed by atoms with Gasteiger partial charge in [0.1, 0.15) is 5.69 Å². The van der Waals surface area contributed by atoms with E-state index in [9.17, 15) is 4.79 Å². The first-order valence-corrected chi connectivity index (χ1v) is 5.58. The number of aromatic amines is 1. The zero-order chi connectivity index (χ0) is 13.1. The molecule has 5 N–H and O–H groups in total. The van der Waals surface area contributed by atoms with Crippen LogP contribution in [0.1, 0.15) is 23.0 Å². The molecule has 0 aliphatic rings. The van der Waals surface area contributed by atoms with Crippen LogP contribution in [-0.2, 0) is 0 Å². The van der Waals surface area contributed by atoms with E-state index >= 15 is 0 Å². The Bertz CT molecular complexity index is 602. The van der Waals surface area contributed by atoms with E-state index in [1.165, 1.54) is 5.01 Å². The van der Waals surface area contributed by atoms with Crippen molar-refractivity contribution in [3.63, 3.8) is 0 Å². The standard InChI is InChI=1S/C12H15N5O/c1-2-17(14)6-10(13)8-3-4-11-9(5-8)12(7-18)16-15-11/h3-7H,2,13-14H2,1H3,(H,15,16)/b10-6-. The fourth-order valence-electron chi connectivity index (χ4n) is 1.64. The van der Waals surface area contributed by atoms with Gasteiger partial charge in [-0.05, 0) is 24.6 Å². The van der Waals surface area contributed by atoms with Crippen LogP contribution < -0.4 is 11.6 Å². The summed E-state index contributed by atoms with van der Waals surface area (Å²) in [5.41, 5.74) is 8.46. The number of hydrogen-bond donors (Lipinski definition) is 3. The van der Waals surface area contributed by atoms with Crippen molar-refractivity contribution in [2.24, 2.45) is 11.6 Å². The predicted octanol–water partition coefficient (Wildman–Crippen LogP) is 0.828. The molecule has 0 atom stereocenters. The van der Waals surface area contributed by atoms with E-state index in [-0.39, 0.29) is 0 Å². The zero-order valence-corrected chi connectivity index (χ0v) is 10.1. The summed E-state index contributed by atoms with van der Waals surface area (Å²) in [7, 11) is 0. The SMILES string of the molecule is CCN(N)/C=C(\N)c1ccc2n[nH]c(C=O)c2c1. The van der Waals surface area contributed by atoms with Gasteiger partial charge in [0, 0.05) is 18.1 Å². The van der Waals surface area contributed by atoms with Crippen LogP contribution in [0.4, 0.5) is 0 Å². The monoisotopic (exact) mass is 245 g/mol. The van der Waals surface area contributed by atoms with Crippen LogP contribution in [0.5, 0.6) is 0 Å². The second kappa shape index (κ2) is 4.89. The molecule has 1 aromatic carbocycles. The van der Waals surface area contributed by atoms with Crippen molar-refractivity contribution in [3.05, 3.63) is 35.7 Å². The minimum Gasteiger partial charge on any atom is -0.397 e. The fourth-order valence-corrected chi connectivity index (χ4v) is 1.64. The first kappa shape index (κ1) is 12.1. The lowest BCUT2D eigenvalue weighted by Gasteiger charge is -2.11. The molecule has 94 valence electrons. The van der Waals surface area contributed by atoms with Gasteiger partial charge in [-0.25, -0.2) is 5.84 Å². The van der Waals surface area contributed by atoms with Crippen molar-refractivity contribution in [1.82, 2.24) is 15.2 Å². The minimum atomic E-state index is 0.444. The molecule has 1 heterocycles. The van der Waals surface area contributed by atoms with E-state index in [1.54, 1.807) is 6.20 Å². The number of aromatic nitrogens is 2. The maximum absolute atomic E-state index is 10.8. The molecular weight excluding hydrogens is 230 g/mol. The summed E-state index contributed by atoms with van der Waals surface area (Å²) in [6.07, 6.45) is 2.39. The number of benzene rings is 1. The molecule has 2 aromatic rings. The Kier molecular flexibility index (Phi) is 3.29. The van der Waals surface area contributed by atoms with Crippen LogP contribution in [0, 0.1) is 0 Å². The van der Waals surface area contributed by atoms with Crippen LogP contribution in [0.3, 0.4) is 0 Å². The summed E-state index contributed by atoms with van der Waals surface area (Å²) in [4.78, 5) is 10.8. The molecule has 0 aliphatic carbocycles. The topological polar surface area (TPSA) is 101 Å². The third-order valence-corrected chi connectivity index (χ3v) is 2.70. The number of carbonyl (C=O) groups excluding carboxylic acids is 1. The second-order valence-electron chi connectivity index (χ2n) is 3.90. The van der Waals surface area contributed by atoms with E-state index < -0.39 is 0 Å². The van der Waals surface area contributed by atoms with E-state index in [0.717, 1.165) is 22.8 Å². The quantitative estimate of drug-likeness (QED) is 0.420. The van der Waals surface area contributed by atoms with E-state index in [4.69, 9.17) is 11.6 Å². The molecule has 0 saturated heterocycles. The molecule has 0 aliphatic heterocycles. The highest BCUT2D eigenvalue weighted by atomic mass is 16.1. The number of rotatable bonds is 4. The lowest BCUT2D eigenvalue weighted by molar-refractivity contribution is 0.112. The number of hydrazine groups is 1. The maximum Gasteiger partial charge on any atom is 0.168 e. The van der Waals surface area contributed by atoms with Crippen molar-refractivity contribution >= 4 is 22.9 Å². The highest BCUT2D eigenvalue weighted by Gasteiger charge is 2.06. The minimum absolute atomic E-state index is 0.444. The van der Waals surface area contributed by atoms with Gasteiger partial charge in [0.25, 0.3) is 0 Å². The highest BCUT2D eigenvalue weighted by Crippen LogP contribution is 2.19. The fraction of sp³-hybridized carbons (Fsp3) is 0.167. The lowest BCUT2D eigenvalue weighted by atomic mass is 10.1. The molecule has 0 amide bonds. The Morgan fingerprint density at radius 2 is 2.33 bits per heavy atom. The molecular formula is C12H15N5O. The summed E-state index contributed by atoms with van der Waals surface area (Å²) in [6, 6.07) is 5.46. The number of hydrogen-bond acceptors (Lipinski definition) is 5. The number of H-pyrrole nitrogens is 1. The average molecular weight is 245 g/mol. The number of fused-ring (bicyclic) bond motifs is 1. The lowest BCUT2D eigenvalue weighted by Crippen LogP contribution is -2.25. The number of nitrogens with zero attached hydrogens (tertiary/aromatic N) is 2. The van der Waals surface area contributed by atoms with Crippen LogP contribution in [0.25, 0.3) is 16.6 Å². The summed E-state index contributed by atoms with van der Waals surface area (Å²) in [5, 5.41) is 8.93. The third kappa shape index (κ3) is 2.18. The number of nitrogens with two attached hydrogens (primary N) is 2. The van der Waals surface area contributed by atoms with Gasteiger partial charge in [-0.3, -0.25) is 9.89 Å². The Morgan fingerprint density at radius 3 is 3.00 bits per heavy atom. The Labute approximate surface area is 104 Å². The Hall–Kier alpha value is -2.34. The normalized spacial score (nSPS) is 11.8. The summed E-state index contributed by atoms with van der Waals surface area (Å²) < 4.78 is 0. The van der Waals surface area contributed by atoms with Gasteiger partial charge in [0.2, 0.25) is 0 Å². The van der Waals surface area contributed by atoms with E-state index in [0.29, 0.717) is 17.9 Å². The van der Waals surface area contributed by atoms with Gasteiger partial charge >= 0.3 is 0 Å². The van der Waals surface area contributed by atoms with Crippen molar-refractivity contribution in [3.8, 4) is 0 Å². The molecule has 2 rings (SSSR count). The van der Waals surface area contributed by atoms with Gasteiger partial charge in [-0.1, -0.05) is 6.07 Å². The first-order valence-electron chi connectivity index (χ1n) is 5.58. The molecule has 6 heteroatoms. The van der Waals surface area contributed by atoms with Gasteiger partial charge < -0.3 is 10.7 Å². The number of carbonyl (C=O) groups is 1. The van der Waals surface area contributed by atoms with Crippen molar-refractivity contribution in [2.45, 2.75) is 6.92 Å². The molecule has 0 fully saturated rings. The van der Waals surface area contributed by atoms with Gasteiger partial charge in [-0.15, -0.1) is 0 Å². The Balaban J connectivity index is 2.45. The molecule has 6 nitrogen and oxygen atoms in total. The van der Waals surface area contributed by atoms with Crippen LogP contribution in [-0.4, -0.2) is 28.0 Å². The van der Waals surface area contributed by atoms with Crippen molar-refractivity contribution in [1.29, 1.82) is 0 Å². The highest BCUT2D eigenvalue weighted by molar-refractivity contribution is 5.96. The molecule has 0 spiro atoms. The van der Waals surface area contributed by atoms with Gasteiger partial charge in [0.15, 0.2) is 6.29 Å². The maximum atomic E-state index is 10.8. The average Bonchev–Trinajstić information content (AvgIpc) is 2.80. The van der Waals surface area contributed by atoms with Crippen molar-refractivity contribution < 1.29 is 4.79 Å². The summed E-state index contributed by atoms with van der Waals surface area (Å²) >= 11 is 0. The molecule has 0 radical (unpaired) electrons. The zero-order valence-electron chi connectivity index (χ0n) is 10.1.